The van der Waals surface area contributed by atoms with E-state index in [0.717, 1.165) is 11.1 Å². The highest BCUT2D eigenvalue weighted by molar-refractivity contribution is 6.05. The molecule has 0 aromatic heterocycles. The molecule has 3 rings (SSSR count). The van der Waals surface area contributed by atoms with Crippen molar-refractivity contribution >= 4 is 17.7 Å². The lowest BCUT2D eigenvalue weighted by molar-refractivity contribution is -0.136. The predicted octanol–water partition coefficient (Wildman–Crippen LogP) is 0.198. The van der Waals surface area contributed by atoms with Gasteiger partial charge in [0.2, 0.25) is 11.8 Å². The van der Waals surface area contributed by atoms with Crippen molar-refractivity contribution in [1.29, 1.82) is 0 Å². The molecule has 3 amide bonds. The molecule has 2 heterocycles. The summed E-state index contributed by atoms with van der Waals surface area (Å²) in [6.07, 6.45) is 1.17. The number of aliphatic hydroxyl groups excluding tert-OH is 1. The summed E-state index contributed by atoms with van der Waals surface area (Å²) in [7, 11) is 0. The van der Waals surface area contributed by atoms with Gasteiger partial charge in [0.1, 0.15) is 12.6 Å². The molecule has 1 aromatic rings. The molecule has 136 valence electrons. The highest BCUT2D eigenvalue weighted by atomic mass is 16.5. The molecule has 0 spiro atoms. The smallest absolute Gasteiger partial charge is 0.255 e. The Labute approximate surface area is 151 Å². The summed E-state index contributed by atoms with van der Waals surface area (Å²) in [5.41, 5.74) is 2.17. The number of nitrogens with zero attached hydrogens (tertiary/aromatic N) is 1. The number of hydrogen-bond donors (Lipinski definition) is 2. The first-order chi connectivity index (χ1) is 12.6. The van der Waals surface area contributed by atoms with Crippen molar-refractivity contribution in [1.82, 2.24) is 10.2 Å². The van der Waals surface area contributed by atoms with Gasteiger partial charge < -0.3 is 14.7 Å². The Bertz CT molecular complexity index is 793. The standard InChI is InChI=1S/C19H20N2O5/c22-8-2-10-26-9-1-3-13-4-5-15-14(11-13)12-21(19(15)25)16-6-7-17(23)20-18(16)24/h4-5,11,16,22H,2,6-10,12H2,(H,20,23,24). The number of hydrogen-bond acceptors (Lipinski definition) is 5. The van der Waals surface area contributed by atoms with Gasteiger partial charge in [-0.1, -0.05) is 11.8 Å². The van der Waals surface area contributed by atoms with Crippen LogP contribution in [0.25, 0.3) is 0 Å². The molecule has 0 radical (unpaired) electrons. The number of rotatable bonds is 5. The number of benzene rings is 1. The second kappa shape index (κ2) is 8.13. The Hall–Kier alpha value is -2.69. The summed E-state index contributed by atoms with van der Waals surface area (Å²) in [5, 5.41) is 11.0. The van der Waals surface area contributed by atoms with Crippen LogP contribution >= 0.6 is 0 Å². The van der Waals surface area contributed by atoms with E-state index >= 15 is 0 Å². The number of piperidine rings is 1. The van der Waals surface area contributed by atoms with Crippen LogP contribution in [0.1, 0.15) is 40.7 Å². The average Bonchev–Trinajstić information content (AvgIpc) is 2.94. The molecule has 2 N–H and O–H groups in total. The van der Waals surface area contributed by atoms with Crippen LogP contribution < -0.4 is 5.32 Å². The van der Waals surface area contributed by atoms with E-state index in [1.807, 2.05) is 6.07 Å². The van der Waals surface area contributed by atoms with E-state index in [4.69, 9.17) is 9.84 Å². The summed E-state index contributed by atoms with van der Waals surface area (Å²) < 4.78 is 5.25. The maximum Gasteiger partial charge on any atom is 0.255 e. The normalized spacial score (nSPS) is 19.0. The fourth-order valence-corrected chi connectivity index (χ4v) is 3.08. The van der Waals surface area contributed by atoms with E-state index in [1.54, 1.807) is 12.1 Å². The lowest BCUT2D eigenvalue weighted by Crippen LogP contribution is -2.52. The third kappa shape index (κ3) is 3.93. The highest BCUT2D eigenvalue weighted by Gasteiger charge is 2.38. The number of carbonyl (C=O) groups excluding carboxylic acids is 3. The Morgan fingerprint density at radius 1 is 1.31 bits per heavy atom. The van der Waals surface area contributed by atoms with E-state index in [1.165, 1.54) is 4.90 Å². The van der Waals surface area contributed by atoms with Crippen molar-refractivity contribution < 1.29 is 24.2 Å². The molecular weight excluding hydrogens is 336 g/mol. The molecule has 1 atom stereocenters. The van der Waals surface area contributed by atoms with Gasteiger partial charge in [-0.25, -0.2) is 0 Å². The van der Waals surface area contributed by atoms with Gasteiger partial charge in [0.05, 0.1) is 6.61 Å². The molecule has 1 fully saturated rings. The van der Waals surface area contributed by atoms with Crippen LogP contribution in [0.3, 0.4) is 0 Å². The minimum atomic E-state index is -0.609. The fourth-order valence-electron chi connectivity index (χ4n) is 3.08. The lowest BCUT2D eigenvalue weighted by atomic mass is 10.0. The molecular formula is C19H20N2O5. The highest BCUT2D eigenvalue weighted by Crippen LogP contribution is 2.28. The largest absolute Gasteiger partial charge is 0.396 e. The third-order valence-electron chi connectivity index (χ3n) is 4.38. The Morgan fingerprint density at radius 2 is 2.15 bits per heavy atom. The van der Waals surface area contributed by atoms with Gasteiger partial charge >= 0.3 is 0 Å². The van der Waals surface area contributed by atoms with E-state index in [0.29, 0.717) is 31.6 Å². The molecule has 0 aliphatic carbocycles. The van der Waals surface area contributed by atoms with E-state index < -0.39 is 11.9 Å². The van der Waals surface area contributed by atoms with Crippen LogP contribution in [0.2, 0.25) is 0 Å². The monoisotopic (exact) mass is 356 g/mol. The summed E-state index contributed by atoms with van der Waals surface area (Å²) in [4.78, 5) is 37.4. The van der Waals surface area contributed by atoms with Crippen LogP contribution in [0.4, 0.5) is 0 Å². The number of amides is 3. The SMILES string of the molecule is O=C1CCC(N2Cc3cc(C#CCOCCCO)ccc3C2=O)C(=O)N1. The zero-order valence-corrected chi connectivity index (χ0v) is 14.3. The van der Waals surface area contributed by atoms with Gasteiger partial charge in [-0.05, 0) is 36.6 Å². The molecule has 7 heteroatoms. The maximum atomic E-state index is 12.6. The Morgan fingerprint density at radius 3 is 2.92 bits per heavy atom. The topological polar surface area (TPSA) is 95.9 Å². The van der Waals surface area contributed by atoms with Crippen LogP contribution in [0.5, 0.6) is 0 Å². The summed E-state index contributed by atoms with van der Waals surface area (Å²) >= 11 is 0. The van der Waals surface area contributed by atoms with Gasteiger partial charge in [-0.15, -0.1) is 0 Å². The van der Waals surface area contributed by atoms with E-state index in [9.17, 15) is 14.4 Å². The second-order valence-corrected chi connectivity index (χ2v) is 6.20. The third-order valence-corrected chi connectivity index (χ3v) is 4.38. The van der Waals surface area contributed by atoms with Gasteiger partial charge in [0, 0.05) is 30.7 Å². The molecule has 0 saturated carbocycles. The summed E-state index contributed by atoms with van der Waals surface area (Å²) in [5.74, 6) is 4.97. The average molecular weight is 356 g/mol. The zero-order chi connectivity index (χ0) is 18.5. The molecule has 1 aromatic carbocycles. The van der Waals surface area contributed by atoms with Crippen molar-refractivity contribution in [2.75, 3.05) is 19.8 Å². The van der Waals surface area contributed by atoms with Gasteiger partial charge in [-0.3, -0.25) is 19.7 Å². The number of aliphatic hydroxyl groups is 1. The zero-order valence-electron chi connectivity index (χ0n) is 14.3. The Balaban J connectivity index is 1.66. The van der Waals surface area contributed by atoms with E-state index in [2.05, 4.69) is 17.2 Å². The summed E-state index contributed by atoms with van der Waals surface area (Å²) in [6, 6.07) is 4.73. The van der Waals surface area contributed by atoms with Crippen molar-refractivity contribution in [2.24, 2.45) is 0 Å². The number of ether oxygens (including phenoxy) is 1. The molecule has 2 aliphatic rings. The fraction of sp³-hybridized carbons (Fsp3) is 0.421. The van der Waals surface area contributed by atoms with E-state index in [-0.39, 0.29) is 31.4 Å². The first-order valence-electron chi connectivity index (χ1n) is 8.55. The molecule has 0 bridgehead atoms. The van der Waals surface area contributed by atoms with Crippen molar-refractivity contribution in [3.05, 3.63) is 34.9 Å². The lowest BCUT2D eigenvalue weighted by Gasteiger charge is -2.29. The van der Waals surface area contributed by atoms with Crippen molar-refractivity contribution in [3.8, 4) is 11.8 Å². The molecule has 1 unspecified atom stereocenters. The van der Waals surface area contributed by atoms with Gasteiger partial charge in [0.25, 0.3) is 5.91 Å². The summed E-state index contributed by atoms with van der Waals surface area (Å²) in [6.45, 7) is 1.17. The van der Waals surface area contributed by atoms with Gasteiger partial charge in [0.15, 0.2) is 0 Å². The van der Waals surface area contributed by atoms with Crippen LogP contribution in [0.15, 0.2) is 18.2 Å². The number of carbonyl (C=O) groups is 3. The molecule has 1 saturated heterocycles. The second-order valence-electron chi connectivity index (χ2n) is 6.20. The molecule has 7 nitrogen and oxygen atoms in total. The number of nitrogens with one attached hydrogen (secondary N) is 1. The maximum absolute atomic E-state index is 12.6. The van der Waals surface area contributed by atoms with Crippen molar-refractivity contribution in [3.63, 3.8) is 0 Å². The van der Waals surface area contributed by atoms with Gasteiger partial charge in [-0.2, -0.15) is 0 Å². The first-order valence-corrected chi connectivity index (χ1v) is 8.55. The Kier molecular flexibility index (Phi) is 5.66. The van der Waals surface area contributed by atoms with Crippen LogP contribution in [0, 0.1) is 11.8 Å². The quantitative estimate of drug-likeness (QED) is 0.446. The predicted molar refractivity (Wildman–Crippen MR) is 91.9 cm³/mol. The minimum Gasteiger partial charge on any atom is -0.396 e. The first kappa shape index (κ1) is 18.1. The van der Waals surface area contributed by atoms with Crippen LogP contribution in [-0.4, -0.2) is 53.6 Å². The molecule has 2 aliphatic heterocycles. The number of fused-ring (bicyclic) bond motifs is 1. The van der Waals surface area contributed by atoms with Crippen molar-refractivity contribution in [2.45, 2.75) is 31.8 Å². The van der Waals surface area contributed by atoms with Crippen LogP contribution in [-0.2, 0) is 20.9 Å². The molecule has 26 heavy (non-hydrogen) atoms. The number of imide groups is 1. The minimum absolute atomic E-state index is 0.0932.